The Labute approximate surface area is 214 Å². The highest BCUT2D eigenvalue weighted by molar-refractivity contribution is 5.96. The monoisotopic (exact) mass is 502 g/mol. The van der Waals surface area contributed by atoms with Crippen LogP contribution in [0.25, 0.3) is 0 Å². The number of nitrogens with zero attached hydrogens (tertiary/aromatic N) is 7. The van der Waals surface area contributed by atoms with E-state index in [1.165, 1.54) is 25.9 Å². The van der Waals surface area contributed by atoms with Crippen LogP contribution in [-0.4, -0.2) is 121 Å². The highest BCUT2D eigenvalue weighted by atomic mass is 16.6. The molecule has 200 valence electrons. The molecule has 0 radical (unpaired) electrons. The van der Waals surface area contributed by atoms with Crippen molar-refractivity contribution in [3.8, 4) is 0 Å². The number of amides is 1. The number of aromatic nitrogens is 1. The number of piperidine rings is 1. The maximum atomic E-state index is 12.5. The van der Waals surface area contributed by atoms with Crippen molar-refractivity contribution in [1.82, 2.24) is 19.7 Å². The van der Waals surface area contributed by atoms with Gasteiger partial charge in [-0.2, -0.15) is 0 Å². The molecule has 3 saturated heterocycles. The second kappa shape index (κ2) is 11.1. The van der Waals surface area contributed by atoms with E-state index in [2.05, 4.69) is 37.9 Å². The first-order valence-electron chi connectivity index (χ1n) is 13.0. The van der Waals surface area contributed by atoms with E-state index in [1.807, 2.05) is 26.8 Å². The Balaban J connectivity index is 1.42. The molecule has 0 aliphatic carbocycles. The van der Waals surface area contributed by atoms with Gasteiger partial charge in [-0.3, -0.25) is 4.90 Å². The minimum absolute atomic E-state index is 0.00421. The first-order valence-corrected chi connectivity index (χ1v) is 13.0. The molecule has 3 aliphatic rings. The van der Waals surface area contributed by atoms with E-state index in [9.17, 15) is 10.0 Å². The molecule has 1 aromatic rings. The van der Waals surface area contributed by atoms with E-state index in [4.69, 9.17) is 15.5 Å². The molecule has 4 heterocycles. The van der Waals surface area contributed by atoms with Crippen molar-refractivity contribution in [3.63, 3.8) is 0 Å². The summed E-state index contributed by atoms with van der Waals surface area (Å²) in [5.41, 5.74) is 6.87. The Morgan fingerprint density at radius 2 is 1.61 bits per heavy atom. The molecular formula is C25H42N8O3. The SMILES string of the molecule is CN1CCC(N2CCN(c3cc(N4CCN(C(=O)OC(C)(C)C)CC4)cc(/C(N)=N/O)n3)CC2)CC1. The van der Waals surface area contributed by atoms with Gasteiger partial charge in [0.1, 0.15) is 17.1 Å². The summed E-state index contributed by atoms with van der Waals surface area (Å²) in [5, 5.41) is 12.5. The van der Waals surface area contributed by atoms with E-state index >= 15 is 0 Å². The second-order valence-corrected chi connectivity index (χ2v) is 11.1. The average molecular weight is 503 g/mol. The number of hydrogen-bond donors (Lipinski definition) is 2. The van der Waals surface area contributed by atoms with Gasteiger partial charge in [0.2, 0.25) is 0 Å². The molecule has 11 heteroatoms. The third-order valence-electron chi connectivity index (χ3n) is 7.31. The van der Waals surface area contributed by atoms with E-state index in [0.717, 1.165) is 37.7 Å². The van der Waals surface area contributed by atoms with Crippen LogP contribution in [0.2, 0.25) is 0 Å². The molecule has 3 N–H and O–H groups in total. The molecule has 0 aromatic carbocycles. The second-order valence-electron chi connectivity index (χ2n) is 11.1. The molecule has 36 heavy (non-hydrogen) atoms. The highest BCUT2D eigenvalue weighted by Gasteiger charge is 2.29. The number of carbonyl (C=O) groups excluding carboxylic acids is 1. The molecule has 4 rings (SSSR count). The van der Waals surface area contributed by atoms with Crippen LogP contribution < -0.4 is 15.5 Å². The fraction of sp³-hybridized carbons (Fsp3) is 0.720. The molecular weight excluding hydrogens is 460 g/mol. The van der Waals surface area contributed by atoms with Gasteiger partial charge in [0.15, 0.2) is 5.84 Å². The molecule has 0 spiro atoms. The third kappa shape index (κ3) is 6.50. The van der Waals surface area contributed by atoms with Crippen molar-refractivity contribution in [2.24, 2.45) is 10.9 Å². The summed E-state index contributed by atoms with van der Waals surface area (Å²) in [6, 6.07) is 4.61. The number of nitrogens with two attached hydrogens (primary N) is 1. The third-order valence-corrected chi connectivity index (χ3v) is 7.31. The molecule has 3 fully saturated rings. The zero-order valence-electron chi connectivity index (χ0n) is 22.2. The van der Waals surface area contributed by atoms with Gasteiger partial charge in [-0.1, -0.05) is 5.16 Å². The fourth-order valence-electron chi connectivity index (χ4n) is 5.18. The molecule has 0 saturated carbocycles. The lowest BCUT2D eigenvalue weighted by Crippen LogP contribution is -2.53. The van der Waals surface area contributed by atoms with Crippen LogP contribution in [0, 0.1) is 0 Å². The number of hydrogen-bond acceptors (Lipinski definition) is 9. The van der Waals surface area contributed by atoms with Crippen LogP contribution in [-0.2, 0) is 4.74 Å². The number of ether oxygens (including phenoxy) is 1. The summed E-state index contributed by atoms with van der Waals surface area (Å²) in [6.07, 6.45) is 2.18. The van der Waals surface area contributed by atoms with Gasteiger partial charge in [-0.15, -0.1) is 0 Å². The number of carbonyl (C=O) groups is 1. The molecule has 0 atom stereocenters. The van der Waals surface area contributed by atoms with Crippen molar-refractivity contribution in [1.29, 1.82) is 0 Å². The summed E-state index contributed by atoms with van der Waals surface area (Å²) in [5.74, 6) is 0.835. The number of pyridine rings is 1. The molecule has 1 amide bonds. The van der Waals surface area contributed by atoms with Crippen molar-refractivity contribution >= 4 is 23.4 Å². The quantitative estimate of drug-likeness (QED) is 0.273. The van der Waals surface area contributed by atoms with Crippen molar-refractivity contribution < 1.29 is 14.7 Å². The molecule has 3 aliphatic heterocycles. The zero-order valence-corrected chi connectivity index (χ0v) is 22.2. The summed E-state index contributed by atoms with van der Waals surface area (Å²) >= 11 is 0. The Morgan fingerprint density at radius 1 is 1.00 bits per heavy atom. The average Bonchev–Trinajstić information content (AvgIpc) is 2.87. The Hall–Kier alpha value is -2.79. The lowest BCUT2D eigenvalue weighted by Gasteiger charge is -2.42. The minimum atomic E-state index is -0.512. The normalized spacial score (nSPS) is 21.7. The summed E-state index contributed by atoms with van der Waals surface area (Å²) in [6.45, 7) is 14.2. The summed E-state index contributed by atoms with van der Waals surface area (Å²) in [4.78, 5) is 28.5. The molecule has 0 unspecified atom stereocenters. The van der Waals surface area contributed by atoms with E-state index in [0.29, 0.717) is 37.9 Å². The van der Waals surface area contributed by atoms with Crippen molar-refractivity contribution in [2.75, 3.05) is 82.3 Å². The Kier molecular flexibility index (Phi) is 8.09. The maximum Gasteiger partial charge on any atom is 0.410 e. The number of piperazine rings is 2. The summed E-state index contributed by atoms with van der Waals surface area (Å²) in [7, 11) is 2.20. The molecule has 1 aromatic heterocycles. The number of rotatable bonds is 4. The zero-order chi connectivity index (χ0) is 25.9. The first-order chi connectivity index (χ1) is 17.1. The van der Waals surface area contributed by atoms with E-state index in [-0.39, 0.29) is 11.9 Å². The lowest BCUT2D eigenvalue weighted by molar-refractivity contribution is 0.0240. The van der Waals surface area contributed by atoms with Gasteiger partial charge >= 0.3 is 6.09 Å². The van der Waals surface area contributed by atoms with Gasteiger partial charge in [-0.25, -0.2) is 9.78 Å². The number of likely N-dealkylation sites (tertiary alicyclic amines) is 1. The molecule has 11 nitrogen and oxygen atoms in total. The van der Waals surface area contributed by atoms with Gasteiger partial charge in [0, 0.05) is 70.2 Å². The van der Waals surface area contributed by atoms with Crippen LogP contribution in [0.3, 0.4) is 0 Å². The fourth-order valence-corrected chi connectivity index (χ4v) is 5.18. The largest absolute Gasteiger partial charge is 0.444 e. The van der Waals surface area contributed by atoms with Crippen LogP contribution in [0.4, 0.5) is 16.3 Å². The Bertz CT molecular complexity index is 926. The van der Waals surface area contributed by atoms with Gasteiger partial charge in [0.25, 0.3) is 0 Å². The summed E-state index contributed by atoms with van der Waals surface area (Å²) < 4.78 is 5.52. The topological polar surface area (TPSA) is 114 Å². The molecule has 0 bridgehead atoms. The predicted molar refractivity (Wildman–Crippen MR) is 141 cm³/mol. The lowest BCUT2D eigenvalue weighted by atomic mass is 10.0. The van der Waals surface area contributed by atoms with Gasteiger partial charge in [-0.05, 0) is 59.8 Å². The van der Waals surface area contributed by atoms with Crippen LogP contribution in [0.5, 0.6) is 0 Å². The van der Waals surface area contributed by atoms with Crippen LogP contribution in [0.1, 0.15) is 39.3 Å². The van der Waals surface area contributed by atoms with Crippen molar-refractivity contribution in [2.45, 2.75) is 45.3 Å². The van der Waals surface area contributed by atoms with E-state index < -0.39 is 5.60 Å². The first kappa shape index (κ1) is 26.3. The highest BCUT2D eigenvalue weighted by Crippen LogP contribution is 2.26. The smallest absolute Gasteiger partial charge is 0.410 e. The number of amidine groups is 1. The van der Waals surface area contributed by atoms with Crippen LogP contribution >= 0.6 is 0 Å². The Morgan fingerprint density at radius 3 is 2.19 bits per heavy atom. The van der Waals surface area contributed by atoms with E-state index in [1.54, 1.807) is 4.90 Å². The predicted octanol–water partition coefficient (Wildman–Crippen LogP) is 1.45. The number of oxime groups is 1. The standard InChI is InChI=1S/C25H42N8O3/c1-25(2,3)36-24(34)33-15-11-31(12-16-33)20-17-21(23(26)28-35)27-22(18-20)32-13-9-30(10-14-32)19-5-7-29(4)8-6-19/h17-19,35H,5-16H2,1-4H3,(H2,26,28). The van der Waals surface area contributed by atoms with Gasteiger partial charge < -0.3 is 35.3 Å². The number of anilines is 2. The maximum absolute atomic E-state index is 12.5. The van der Waals surface area contributed by atoms with Crippen molar-refractivity contribution in [3.05, 3.63) is 17.8 Å². The van der Waals surface area contributed by atoms with Crippen LogP contribution in [0.15, 0.2) is 17.3 Å². The van der Waals surface area contributed by atoms with Gasteiger partial charge in [0.05, 0.1) is 0 Å². The minimum Gasteiger partial charge on any atom is -0.444 e.